The number of aryl methyl sites for hydroxylation is 1. The Bertz CT molecular complexity index is 1030. The van der Waals surface area contributed by atoms with Gasteiger partial charge < -0.3 is 16.4 Å². The van der Waals surface area contributed by atoms with Crippen LogP contribution in [0.25, 0.3) is 0 Å². The fourth-order valence-corrected chi connectivity index (χ4v) is 3.06. The first-order valence-electron chi connectivity index (χ1n) is 10.0. The average Bonchev–Trinajstić information content (AvgIpc) is 2.71. The van der Waals surface area contributed by atoms with Crippen molar-refractivity contribution in [3.05, 3.63) is 65.7 Å². The number of nitrogens with zero attached hydrogens (tertiary/aromatic N) is 4. The molecule has 3 rings (SSSR count). The van der Waals surface area contributed by atoms with Crippen LogP contribution >= 0.6 is 0 Å². The van der Waals surface area contributed by atoms with E-state index in [1.165, 1.54) is 12.1 Å². The molecule has 1 amide bonds. The lowest BCUT2D eigenvalue weighted by Crippen LogP contribution is -2.34. The molecular formula is C22H26FN7O. The number of hydrogen-bond donors (Lipinski definition) is 3. The number of amides is 1. The van der Waals surface area contributed by atoms with Gasteiger partial charge >= 0.3 is 0 Å². The van der Waals surface area contributed by atoms with Gasteiger partial charge in [0.2, 0.25) is 17.8 Å². The van der Waals surface area contributed by atoms with E-state index in [4.69, 9.17) is 5.73 Å². The van der Waals surface area contributed by atoms with Crippen molar-refractivity contribution >= 4 is 29.2 Å². The van der Waals surface area contributed by atoms with Gasteiger partial charge in [-0.1, -0.05) is 25.1 Å². The molecule has 1 aromatic heterocycles. The SMILES string of the molecule is CCCN(CC(=O)Nc1ccccc1C)Cc1nc(N)nc(Nc2ccc(F)cc2)n1. The van der Waals surface area contributed by atoms with Gasteiger partial charge in [-0.25, -0.2) is 4.39 Å². The Morgan fingerprint density at radius 3 is 2.55 bits per heavy atom. The number of rotatable bonds is 9. The number of benzene rings is 2. The van der Waals surface area contributed by atoms with Crippen LogP contribution in [0.4, 0.5) is 27.7 Å². The van der Waals surface area contributed by atoms with Gasteiger partial charge in [-0.3, -0.25) is 9.69 Å². The molecule has 0 radical (unpaired) electrons. The second-order valence-electron chi connectivity index (χ2n) is 7.14. The third-order valence-corrected chi connectivity index (χ3v) is 4.49. The predicted octanol–water partition coefficient (Wildman–Crippen LogP) is 3.50. The van der Waals surface area contributed by atoms with Crippen molar-refractivity contribution in [3.8, 4) is 0 Å². The molecular weight excluding hydrogens is 397 g/mol. The Hall–Kier alpha value is -3.59. The highest BCUT2D eigenvalue weighted by Gasteiger charge is 2.15. The number of aromatic nitrogens is 3. The lowest BCUT2D eigenvalue weighted by Gasteiger charge is -2.21. The third kappa shape index (κ3) is 6.71. The van der Waals surface area contributed by atoms with Gasteiger partial charge in [-0.15, -0.1) is 0 Å². The Balaban J connectivity index is 1.68. The molecule has 3 aromatic rings. The minimum absolute atomic E-state index is 0.0652. The van der Waals surface area contributed by atoms with Crippen LogP contribution in [0.2, 0.25) is 0 Å². The molecule has 0 unspecified atom stereocenters. The van der Waals surface area contributed by atoms with E-state index in [2.05, 4.69) is 25.6 Å². The fraction of sp³-hybridized carbons (Fsp3) is 0.273. The third-order valence-electron chi connectivity index (χ3n) is 4.49. The molecule has 0 bridgehead atoms. The zero-order valence-corrected chi connectivity index (χ0v) is 17.6. The monoisotopic (exact) mass is 423 g/mol. The summed E-state index contributed by atoms with van der Waals surface area (Å²) in [6.07, 6.45) is 0.860. The number of anilines is 4. The number of para-hydroxylation sites is 1. The minimum Gasteiger partial charge on any atom is -0.368 e. The van der Waals surface area contributed by atoms with E-state index in [1.807, 2.05) is 43.0 Å². The van der Waals surface area contributed by atoms with Gasteiger partial charge in [0, 0.05) is 11.4 Å². The highest BCUT2D eigenvalue weighted by atomic mass is 19.1. The van der Waals surface area contributed by atoms with E-state index in [0.29, 0.717) is 24.6 Å². The van der Waals surface area contributed by atoms with E-state index in [1.54, 1.807) is 12.1 Å². The van der Waals surface area contributed by atoms with Crippen LogP contribution in [0.1, 0.15) is 24.7 Å². The summed E-state index contributed by atoms with van der Waals surface area (Å²) in [4.78, 5) is 27.2. The van der Waals surface area contributed by atoms with E-state index in [0.717, 1.165) is 17.7 Å². The van der Waals surface area contributed by atoms with Gasteiger partial charge in [0.1, 0.15) is 11.6 Å². The molecule has 8 nitrogen and oxygen atoms in total. The van der Waals surface area contributed by atoms with Crippen LogP contribution in [0, 0.1) is 12.7 Å². The van der Waals surface area contributed by atoms with Gasteiger partial charge in [-0.2, -0.15) is 15.0 Å². The van der Waals surface area contributed by atoms with Crippen LogP contribution < -0.4 is 16.4 Å². The van der Waals surface area contributed by atoms with Crippen LogP contribution in [0.15, 0.2) is 48.5 Å². The lowest BCUT2D eigenvalue weighted by molar-refractivity contribution is -0.117. The number of carbonyl (C=O) groups excluding carboxylic acids is 1. The Morgan fingerprint density at radius 2 is 1.84 bits per heavy atom. The number of hydrogen-bond acceptors (Lipinski definition) is 7. The number of halogens is 1. The maximum Gasteiger partial charge on any atom is 0.238 e. The largest absolute Gasteiger partial charge is 0.368 e. The molecule has 0 fully saturated rings. The fourth-order valence-electron chi connectivity index (χ4n) is 3.06. The van der Waals surface area contributed by atoms with Crippen LogP contribution in [0.5, 0.6) is 0 Å². The topological polar surface area (TPSA) is 109 Å². The molecule has 0 aliphatic heterocycles. The minimum atomic E-state index is -0.333. The zero-order valence-electron chi connectivity index (χ0n) is 17.6. The summed E-state index contributed by atoms with van der Waals surface area (Å²) in [6, 6.07) is 13.5. The van der Waals surface area contributed by atoms with Crippen molar-refractivity contribution in [1.82, 2.24) is 19.9 Å². The van der Waals surface area contributed by atoms with E-state index >= 15 is 0 Å². The van der Waals surface area contributed by atoms with Crippen molar-refractivity contribution in [2.75, 3.05) is 29.5 Å². The first-order chi connectivity index (χ1) is 14.9. The molecule has 9 heteroatoms. The van der Waals surface area contributed by atoms with Crippen LogP contribution in [-0.2, 0) is 11.3 Å². The zero-order chi connectivity index (χ0) is 22.2. The van der Waals surface area contributed by atoms with Gasteiger partial charge in [-0.05, 0) is 55.8 Å². The first kappa shape index (κ1) is 22.1. The Kier molecular flexibility index (Phi) is 7.45. The predicted molar refractivity (Wildman–Crippen MR) is 119 cm³/mol. The van der Waals surface area contributed by atoms with Crippen LogP contribution in [-0.4, -0.2) is 38.8 Å². The van der Waals surface area contributed by atoms with Crippen molar-refractivity contribution in [2.24, 2.45) is 0 Å². The summed E-state index contributed by atoms with van der Waals surface area (Å²) in [5.41, 5.74) is 8.26. The lowest BCUT2D eigenvalue weighted by atomic mass is 10.2. The van der Waals surface area contributed by atoms with E-state index in [9.17, 15) is 9.18 Å². The maximum absolute atomic E-state index is 13.1. The second kappa shape index (κ2) is 10.4. The number of nitrogen functional groups attached to an aromatic ring is 1. The molecule has 0 spiro atoms. The first-order valence-corrected chi connectivity index (χ1v) is 10.0. The summed E-state index contributed by atoms with van der Waals surface area (Å²) in [5, 5.41) is 5.93. The Morgan fingerprint density at radius 1 is 1.10 bits per heavy atom. The highest BCUT2D eigenvalue weighted by molar-refractivity contribution is 5.92. The van der Waals surface area contributed by atoms with Crippen molar-refractivity contribution < 1.29 is 9.18 Å². The quantitative estimate of drug-likeness (QED) is 0.483. The standard InChI is InChI=1S/C22H26FN7O/c1-3-12-30(14-20(31)26-18-7-5-4-6-15(18)2)13-19-27-21(24)29-22(28-19)25-17-10-8-16(23)9-11-17/h4-11H,3,12-14H2,1-2H3,(H,26,31)(H3,24,25,27,28,29). The summed E-state index contributed by atoms with van der Waals surface area (Å²) in [7, 11) is 0. The average molecular weight is 423 g/mol. The smallest absolute Gasteiger partial charge is 0.238 e. The van der Waals surface area contributed by atoms with Crippen molar-refractivity contribution in [2.45, 2.75) is 26.8 Å². The summed E-state index contributed by atoms with van der Waals surface area (Å²) in [5.74, 6) is 0.314. The van der Waals surface area contributed by atoms with Gasteiger partial charge in [0.25, 0.3) is 0 Å². The van der Waals surface area contributed by atoms with Crippen molar-refractivity contribution in [1.29, 1.82) is 0 Å². The normalized spacial score (nSPS) is 10.8. The molecule has 31 heavy (non-hydrogen) atoms. The van der Waals surface area contributed by atoms with Crippen molar-refractivity contribution in [3.63, 3.8) is 0 Å². The number of nitrogens with two attached hydrogens (primary N) is 1. The number of carbonyl (C=O) groups is 1. The highest BCUT2D eigenvalue weighted by Crippen LogP contribution is 2.16. The molecule has 0 aliphatic carbocycles. The molecule has 4 N–H and O–H groups in total. The van der Waals surface area contributed by atoms with Crippen LogP contribution in [0.3, 0.4) is 0 Å². The summed E-state index contributed by atoms with van der Waals surface area (Å²) >= 11 is 0. The summed E-state index contributed by atoms with van der Waals surface area (Å²) < 4.78 is 13.1. The second-order valence-corrected chi connectivity index (χ2v) is 7.14. The van der Waals surface area contributed by atoms with Gasteiger partial charge in [0.15, 0.2) is 0 Å². The molecule has 162 valence electrons. The molecule has 0 saturated carbocycles. The molecule has 1 heterocycles. The summed E-state index contributed by atoms with van der Waals surface area (Å²) in [6.45, 7) is 5.19. The molecule has 0 aliphatic rings. The van der Waals surface area contributed by atoms with E-state index in [-0.39, 0.29) is 30.2 Å². The molecule has 2 aromatic carbocycles. The molecule has 0 saturated heterocycles. The number of nitrogens with one attached hydrogen (secondary N) is 2. The van der Waals surface area contributed by atoms with Gasteiger partial charge in [0.05, 0.1) is 13.1 Å². The maximum atomic E-state index is 13.1. The van der Waals surface area contributed by atoms with E-state index < -0.39 is 0 Å². The molecule has 0 atom stereocenters. The Labute approximate surface area is 180 Å².